The third-order valence-electron chi connectivity index (χ3n) is 3.25. The maximum absolute atomic E-state index is 12.1. The number of hydrogen-bond acceptors (Lipinski definition) is 3. The molecule has 0 bridgehead atoms. The fourth-order valence-electron chi connectivity index (χ4n) is 2.21. The highest BCUT2D eigenvalue weighted by Crippen LogP contribution is 2.12. The average molecular weight is 248 g/mol. The summed E-state index contributed by atoms with van der Waals surface area (Å²) in [6, 6.07) is 9.70. The first kappa shape index (κ1) is 13.1. The zero-order valence-electron chi connectivity index (χ0n) is 10.8. The molecule has 18 heavy (non-hydrogen) atoms. The van der Waals surface area contributed by atoms with Crippen molar-refractivity contribution in [1.82, 2.24) is 10.4 Å². The molecule has 0 atom stereocenters. The molecule has 1 saturated heterocycles. The van der Waals surface area contributed by atoms with Gasteiger partial charge in [0, 0.05) is 31.4 Å². The number of benzene rings is 1. The van der Waals surface area contributed by atoms with Crippen LogP contribution in [0.25, 0.3) is 0 Å². The van der Waals surface area contributed by atoms with E-state index in [-0.39, 0.29) is 5.91 Å². The first-order chi connectivity index (χ1) is 8.81. The molecule has 0 unspecified atom stereocenters. The van der Waals surface area contributed by atoms with Gasteiger partial charge in [0.1, 0.15) is 0 Å². The maximum atomic E-state index is 12.1. The quantitative estimate of drug-likeness (QED) is 0.827. The lowest BCUT2D eigenvalue weighted by molar-refractivity contribution is 0.0147. The van der Waals surface area contributed by atoms with Crippen LogP contribution in [0.1, 0.15) is 30.1 Å². The van der Waals surface area contributed by atoms with Gasteiger partial charge >= 0.3 is 0 Å². The van der Waals surface area contributed by atoms with Crippen LogP contribution in [-0.4, -0.2) is 36.7 Å². The van der Waals surface area contributed by atoms with Crippen molar-refractivity contribution in [3.63, 3.8) is 0 Å². The van der Waals surface area contributed by atoms with Crippen LogP contribution in [0.15, 0.2) is 30.3 Å². The van der Waals surface area contributed by atoms with Gasteiger partial charge in [0.05, 0.1) is 0 Å². The minimum Gasteiger partial charge on any atom is -0.381 e. The fourth-order valence-corrected chi connectivity index (χ4v) is 2.21. The van der Waals surface area contributed by atoms with Gasteiger partial charge in [-0.15, -0.1) is 0 Å². The molecule has 1 fully saturated rings. The first-order valence-corrected chi connectivity index (χ1v) is 6.51. The van der Waals surface area contributed by atoms with Crippen molar-refractivity contribution in [2.45, 2.75) is 25.8 Å². The fraction of sp³-hybridized carbons (Fsp3) is 0.500. The van der Waals surface area contributed by atoms with Gasteiger partial charge in [-0.3, -0.25) is 10.2 Å². The zero-order chi connectivity index (χ0) is 12.8. The Morgan fingerprint density at radius 1 is 1.33 bits per heavy atom. The second-order valence-electron chi connectivity index (χ2n) is 4.44. The summed E-state index contributed by atoms with van der Waals surface area (Å²) in [5.41, 5.74) is 3.69. The molecule has 0 spiro atoms. The molecular formula is C14H20N2O2. The molecule has 1 aliphatic rings. The first-order valence-electron chi connectivity index (χ1n) is 6.51. The number of carbonyl (C=O) groups is 1. The predicted octanol–water partition coefficient (Wildman–Crippen LogP) is 1.83. The highest BCUT2D eigenvalue weighted by atomic mass is 16.5. The van der Waals surface area contributed by atoms with E-state index in [9.17, 15) is 4.79 Å². The topological polar surface area (TPSA) is 41.6 Å². The Kier molecular flexibility index (Phi) is 4.73. The highest BCUT2D eigenvalue weighted by Gasteiger charge is 2.21. The number of ether oxygens (including phenoxy) is 1. The summed E-state index contributed by atoms with van der Waals surface area (Å²) in [7, 11) is 0. The SMILES string of the molecule is CCN(NC(=O)c1ccccc1)C1CCOCC1. The van der Waals surface area contributed by atoms with E-state index in [1.807, 2.05) is 35.3 Å². The summed E-state index contributed by atoms with van der Waals surface area (Å²) >= 11 is 0. The number of amides is 1. The van der Waals surface area contributed by atoms with Gasteiger partial charge in [-0.05, 0) is 25.0 Å². The molecule has 0 aliphatic carbocycles. The Labute approximate surface area is 108 Å². The van der Waals surface area contributed by atoms with Crippen molar-refractivity contribution in [2.75, 3.05) is 19.8 Å². The number of hydrazine groups is 1. The van der Waals surface area contributed by atoms with E-state index in [4.69, 9.17) is 4.74 Å². The Morgan fingerprint density at radius 2 is 2.00 bits per heavy atom. The molecule has 1 N–H and O–H groups in total. The summed E-state index contributed by atoms with van der Waals surface area (Å²) in [4.78, 5) is 12.1. The van der Waals surface area contributed by atoms with Crippen molar-refractivity contribution in [3.05, 3.63) is 35.9 Å². The molecule has 1 aromatic rings. The molecule has 2 rings (SSSR count). The van der Waals surface area contributed by atoms with E-state index in [0.717, 1.165) is 32.6 Å². The summed E-state index contributed by atoms with van der Waals surface area (Å²) in [5, 5.41) is 2.03. The summed E-state index contributed by atoms with van der Waals surface area (Å²) in [5.74, 6) is -0.0380. The van der Waals surface area contributed by atoms with Crippen LogP contribution >= 0.6 is 0 Å². The van der Waals surface area contributed by atoms with Gasteiger partial charge in [-0.2, -0.15) is 0 Å². The molecule has 1 heterocycles. The normalized spacial score (nSPS) is 16.8. The van der Waals surface area contributed by atoms with Crippen LogP contribution in [0, 0.1) is 0 Å². The van der Waals surface area contributed by atoms with Crippen molar-refractivity contribution in [3.8, 4) is 0 Å². The molecule has 0 aromatic heterocycles. The molecule has 4 nitrogen and oxygen atoms in total. The Hall–Kier alpha value is -1.39. The monoisotopic (exact) mass is 248 g/mol. The molecule has 0 radical (unpaired) electrons. The maximum Gasteiger partial charge on any atom is 0.265 e. The Balaban J connectivity index is 1.95. The summed E-state index contributed by atoms with van der Waals surface area (Å²) in [6.07, 6.45) is 1.95. The van der Waals surface area contributed by atoms with Crippen LogP contribution in [0.2, 0.25) is 0 Å². The number of nitrogens with one attached hydrogen (secondary N) is 1. The average Bonchev–Trinajstić information content (AvgIpc) is 2.46. The highest BCUT2D eigenvalue weighted by molar-refractivity contribution is 5.93. The predicted molar refractivity (Wildman–Crippen MR) is 70.1 cm³/mol. The van der Waals surface area contributed by atoms with Crippen molar-refractivity contribution in [1.29, 1.82) is 0 Å². The van der Waals surface area contributed by atoms with Crippen LogP contribution < -0.4 is 5.43 Å². The Morgan fingerprint density at radius 3 is 2.61 bits per heavy atom. The summed E-state index contributed by atoms with van der Waals surface area (Å²) < 4.78 is 5.34. The van der Waals surface area contributed by atoms with Crippen molar-refractivity contribution >= 4 is 5.91 Å². The second-order valence-corrected chi connectivity index (χ2v) is 4.44. The molecular weight excluding hydrogens is 228 g/mol. The van der Waals surface area contributed by atoms with Crippen molar-refractivity contribution < 1.29 is 9.53 Å². The lowest BCUT2D eigenvalue weighted by Gasteiger charge is -2.33. The van der Waals surface area contributed by atoms with E-state index in [1.165, 1.54) is 0 Å². The van der Waals surface area contributed by atoms with Crippen LogP contribution in [0.3, 0.4) is 0 Å². The van der Waals surface area contributed by atoms with Gasteiger partial charge in [0.25, 0.3) is 5.91 Å². The number of hydrogen-bond donors (Lipinski definition) is 1. The van der Waals surface area contributed by atoms with E-state index < -0.39 is 0 Å². The number of carbonyl (C=O) groups excluding carboxylic acids is 1. The van der Waals surface area contributed by atoms with E-state index >= 15 is 0 Å². The molecule has 1 aliphatic heterocycles. The second kappa shape index (κ2) is 6.52. The third kappa shape index (κ3) is 3.31. The third-order valence-corrected chi connectivity index (χ3v) is 3.25. The van der Waals surface area contributed by atoms with E-state index in [2.05, 4.69) is 12.3 Å². The van der Waals surface area contributed by atoms with E-state index in [0.29, 0.717) is 11.6 Å². The van der Waals surface area contributed by atoms with Crippen molar-refractivity contribution in [2.24, 2.45) is 0 Å². The van der Waals surface area contributed by atoms with Gasteiger partial charge in [-0.25, -0.2) is 5.01 Å². The molecule has 1 aromatic carbocycles. The van der Waals surface area contributed by atoms with Crippen LogP contribution in [-0.2, 0) is 4.74 Å². The van der Waals surface area contributed by atoms with Gasteiger partial charge < -0.3 is 4.74 Å². The lowest BCUT2D eigenvalue weighted by atomic mass is 10.1. The minimum absolute atomic E-state index is 0.0380. The number of rotatable bonds is 4. The minimum atomic E-state index is -0.0380. The number of nitrogens with zero attached hydrogens (tertiary/aromatic N) is 1. The molecule has 4 heteroatoms. The molecule has 1 amide bonds. The van der Waals surface area contributed by atoms with E-state index in [1.54, 1.807) is 0 Å². The largest absolute Gasteiger partial charge is 0.381 e. The van der Waals surface area contributed by atoms with Crippen LogP contribution in [0.4, 0.5) is 0 Å². The zero-order valence-corrected chi connectivity index (χ0v) is 10.8. The molecule has 98 valence electrons. The smallest absolute Gasteiger partial charge is 0.265 e. The lowest BCUT2D eigenvalue weighted by Crippen LogP contribution is -2.50. The van der Waals surface area contributed by atoms with Gasteiger partial charge in [-0.1, -0.05) is 25.1 Å². The molecule has 0 saturated carbocycles. The standard InChI is InChI=1S/C14H20N2O2/c1-2-16(13-8-10-18-11-9-13)15-14(17)12-6-4-3-5-7-12/h3-7,13H,2,8-11H2,1H3,(H,15,17). The van der Waals surface area contributed by atoms with Crippen LogP contribution in [0.5, 0.6) is 0 Å². The summed E-state index contributed by atoms with van der Waals surface area (Å²) in [6.45, 7) is 4.43. The Bertz CT molecular complexity index is 375. The van der Waals surface area contributed by atoms with Gasteiger partial charge in [0.15, 0.2) is 0 Å². The van der Waals surface area contributed by atoms with Gasteiger partial charge in [0.2, 0.25) is 0 Å².